The minimum Gasteiger partial charge on any atom is -0.491 e. The number of allylic oxidation sites excluding steroid dienone is 1. The zero-order chi connectivity index (χ0) is 27.9. The zero-order valence-corrected chi connectivity index (χ0v) is 21.9. The van der Waals surface area contributed by atoms with Crippen LogP contribution < -0.4 is 21.1 Å². The Morgan fingerprint density at radius 3 is 2.51 bits per heavy atom. The molecule has 0 aliphatic heterocycles. The molecule has 2 atom stereocenters. The summed E-state index contributed by atoms with van der Waals surface area (Å²) in [7, 11) is 0. The summed E-state index contributed by atoms with van der Waals surface area (Å²) in [5.41, 5.74) is 8.18. The standard InChI is InChI=1S/C30H35N3O6/c1-2-37-27(17-8-9-18-28(35)33-26-16-7-6-15-25(26)31)29(22-11-10-14-24(21-22)38-20-19-34)39-30(36)32-23-12-4-3-5-13-23/h3-7,9-16,18,21,27,29,34H,2,8,17,19-20,31H2,1H3,(H,32,36)(H,33,35)/b18-9+/t27-,29-/m1/s1. The average Bonchev–Trinajstić information content (AvgIpc) is 2.94. The van der Waals surface area contributed by atoms with Crippen molar-refractivity contribution >= 4 is 29.1 Å². The molecular formula is C30H35N3O6. The van der Waals surface area contributed by atoms with Gasteiger partial charge in [0.25, 0.3) is 0 Å². The minimum absolute atomic E-state index is 0.123. The predicted molar refractivity (Wildman–Crippen MR) is 152 cm³/mol. The normalized spacial score (nSPS) is 12.5. The van der Waals surface area contributed by atoms with Gasteiger partial charge in [0.05, 0.1) is 24.1 Å². The van der Waals surface area contributed by atoms with Crippen LogP contribution in [0.1, 0.15) is 31.4 Å². The van der Waals surface area contributed by atoms with Gasteiger partial charge in [-0.3, -0.25) is 10.1 Å². The lowest BCUT2D eigenvalue weighted by Gasteiger charge is -2.27. The summed E-state index contributed by atoms with van der Waals surface area (Å²) < 4.78 is 17.5. The molecule has 0 aliphatic rings. The maximum atomic E-state index is 12.9. The fourth-order valence-corrected chi connectivity index (χ4v) is 3.86. The Hall–Kier alpha value is -4.34. The van der Waals surface area contributed by atoms with Crippen LogP contribution in [0.15, 0.2) is 91.0 Å². The first-order chi connectivity index (χ1) is 19.0. The van der Waals surface area contributed by atoms with Crippen molar-refractivity contribution in [3.8, 4) is 5.75 Å². The molecule has 0 saturated carbocycles. The molecule has 3 aromatic rings. The fourth-order valence-electron chi connectivity index (χ4n) is 3.86. The third kappa shape index (κ3) is 9.81. The Labute approximate surface area is 228 Å². The summed E-state index contributed by atoms with van der Waals surface area (Å²) in [4.78, 5) is 25.2. The Balaban J connectivity index is 1.73. The van der Waals surface area contributed by atoms with Crippen molar-refractivity contribution in [2.45, 2.75) is 32.0 Å². The molecule has 0 saturated heterocycles. The van der Waals surface area contributed by atoms with Gasteiger partial charge in [-0.15, -0.1) is 0 Å². The average molecular weight is 534 g/mol. The van der Waals surface area contributed by atoms with E-state index in [1.54, 1.807) is 60.7 Å². The first-order valence-electron chi connectivity index (χ1n) is 12.8. The molecule has 0 radical (unpaired) electrons. The summed E-state index contributed by atoms with van der Waals surface area (Å²) in [5, 5.41) is 14.6. The van der Waals surface area contributed by atoms with Gasteiger partial charge in [0.1, 0.15) is 12.4 Å². The monoisotopic (exact) mass is 533 g/mol. The lowest BCUT2D eigenvalue weighted by atomic mass is 10.00. The molecule has 0 aliphatic carbocycles. The van der Waals surface area contributed by atoms with Crippen LogP contribution in [0.2, 0.25) is 0 Å². The second kappa shape index (κ2) is 15.8. The van der Waals surface area contributed by atoms with E-state index >= 15 is 0 Å². The number of ether oxygens (including phenoxy) is 3. The van der Waals surface area contributed by atoms with Crippen molar-refractivity contribution in [3.05, 3.63) is 96.6 Å². The van der Waals surface area contributed by atoms with Crippen molar-refractivity contribution in [2.75, 3.05) is 36.2 Å². The number of aliphatic hydroxyl groups is 1. The molecule has 39 heavy (non-hydrogen) atoms. The molecule has 0 unspecified atom stereocenters. The number of carbonyl (C=O) groups is 2. The lowest BCUT2D eigenvalue weighted by molar-refractivity contribution is -0.111. The summed E-state index contributed by atoms with van der Waals surface area (Å²) in [6, 6.07) is 23.2. The Morgan fingerprint density at radius 2 is 1.77 bits per heavy atom. The number of hydrogen-bond acceptors (Lipinski definition) is 7. The molecule has 5 N–H and O–H groups in total. The fraction of sp³-hybridized carbons (Fsp3) is 0.267. The number of rotatable bonds is 14. The van der Waals surface area contributed by atoms with Crippen LogP contribution >= 0.6 is 0 Å². The number of para-hydroxylation sites is 3. The number of anilines is 3. The van der Waals surface area contributed by atoms with Crippen LogP contribution in [0.3, 0.4) is 0 Å². The van der Waals surface area contributed by atoms with Gasteiger partial charge in [-0.25, -0.2) is 4.79 Å². The predicted octanol–water partition coefficient (Wildman–Crippen LogP) is 5.31. The first kappa shape index (κ1) is 29.2. The van der Waals surface area contributed by atoms with Crippen LogP contribution in [-0.2, 0) is 14.3 Å². The van der Waals surface area contributed by atoms with Gasteiger partial charge in [0.15, 0.2) is 6.10 Å². The van der Waals surface area contributed by atoms with Gasteiger partial charge in [-0.05, 0) is 67.8 Å². The number of hydrogen-bond donors (Lipinski definition) is 4. The summed E-state index contributed by atoms with van der Waals surface area (Å²) in [6.07, 6.45) is 2.23. The maximum absolute atomic E-state index is 12.9. The van der Waals surface area contributed by atoms with Crippen molar-refractivity contribution < 1.29 is 28.9 Å². The van der Waals surface area contributed by atoms with Crippen molar-refractivity contribution in [2.24, 2.45) is 0 Å². The van der Waals surface area contributed by atoms with E-state index in [4.69, 9.17) is 25.1 Å². The summed E-state index contributed by atoms with van der Waals surface area (Å²) >= 11 is 0. The zero-order valence-electron chi connectivity index (χ0n) is 21.9. The highest BCUT2D eigenvalue weighted by molar-refractivity contribution is 6.01. The van der Waals surface area contributed by atoms with E-state index in [9.17, 15) is 9.59 Å². The molecule has 9 nitrogen and oxygen atoms in total. The number of nitrogen functional groups attached to an aromatic ring is 1. The van der Waals surface area contributed by atoms with Gasteiger partial charge in [0, 0.05) is 12.3 Å². The SMILES string of the molecule is CCO[C@H](CC/C=C/C(=O)Nc1ccccc1N)[C@H](OC(=O)Nc1ccccc1)c1cccc(OCCO)c1. The Bertz CT molecular complexity index is 1220. The molecule has 9 heteroatoms. The number of aliphatic hydroxyl groups excluding tert-OH is 1. The van der Waals surface area contributed by atoms with E-state index < -0.39 is 18.3 Å². The number of carbonyl (C=O) groups excluding carboxylic acids is 2. The highest BCUT2D eigenvalue weighted by Crippen LogP contribution is 2.30. The van der Waals surface area contributed by atoms with E-state index in [2.05, 4.69) is 10.6 Å². The summed E-state index contributed by atoms with van der Waals surface area (Å²) in [6.45, 7) is 2.27. The second-order valence-electron chi connectivity index (χ2n) is 8.51. The molecule has 2 amide bonds. The van der Waals surface area contributed by atoms with Crippen molar-refractivity contribution in [1.29, 1.82) is 0 Å². The molecule has 3 aromatic carbocycles. The molecule has 0 spiro atoms. The van der Waals surface area contributed by atoms with E-state index in [-0.39, 0.29) is 19.1 Å². The van der Waals surface area contributed by atoms with Crippen molar-refractivity contribution in [3.63, 3.8) is 0 Å². The van der Waals surface area contributed by atoms with Crippen LogP contribution in [0.4, 0.5) is 21.9 Å². The highest BCUT2D eigenvalue weighted by Gasteiger charge is 2.28. The largest absolute Gasteiger partial charge is 0.491 e. The van der Waals surface area contributed by atoms with Crippen LogP contribution in [0.25, 0.3) is 0 Å². The molecule has 0 heterocycles. The molecule has 0 bridgehead atoms. The number of nitrogens with two attached hydrogens (primary N) is 1. The second-order valence-corrected chi connectivity index (χ2v) is 8.51. The first-order valence-corrected chi connectivity index (χ1v) is 12.8. The van der Waals surface area contributed by atoms with E-state index in [1.165, 1.54) is 6.08 Å². The van der Waals surface area contributed by atoms with Crippen LogP contribution in [0, 0.1) is 0 Å². The molecule has 0 aromatic heterocycles. The Morgan fingerprint density at radius 1 is 1.00 bits per heavy atom. The number of benzene rings is 3. The number of amides is 2. The van der Waals surface area contributed by atoms with Gasteiger partial charge >= 0.3 is 6.09 Å². The van der Waals surface area contributed by atoms with Gasteiger partial charge in [-0.1, -0.05) is 48.5 Å². The van der Waals surface area contributed by atoms with Gasteiger partial charge in [0.2, 0.25) is 5.91 Å². The number of nitrogens with one attached hydrogen (secondary N) is 2. The van der Waals surface area contributed by atoms with Gasteiger partial charge in [-0.2, -0.15) is 0 Å². The third-order valence-corrected chi connectivity index (χ3v) is 5.62. The lowest BCUT2D eigenvalue weighted by Crippen LogP contribution is -2.29. The van der Waals surface area contributed by atoms with E-state index in [0.717, 1.165) is 0 Å². The van der Waals surface area contributed by atoms with Crippen LogP contribution in [-0.4, -0.2) is 43.0 Å². The minimum atomic E-state index is -0.766. The van der Waals surface area contributed by atoms with Crippen molar-refractivity contribution in [1.82, 2.24) is 0 Å². The van der Waals surface area contributed by atoms with Gasteiger partial charge < -0.3 is 30.4 Å². The van der Waals surface area contributed by atoms with E-state index in [1.807, 2.05) is 31.2 Å². The Kier molecular flexibility index (Phi) is 11.8. The molecule has 206 valence electrons. The third-order valence-electron chi connectivity index (χ3n) is 5.62. The highest BCUT2D eigenvalue weighted by atomic mass is 16.6. The molecular weight excluding hydrogens is 498 g/mol. The molecule has 0 fully saturated rings. The van der Waals surface area contributed by atoms with Crippen LogP contribution in [0.5, 0.6) is 5.75 Å². The quantitative estimate of drug-likeness (QED) is 0.163. The maximum Gasteiger partial charge on any atom is 0.412 e. The molecule has 3 rings (SSSR count). The smallest absolute Gasteiger partial charge is 0.412 e. The topological polar surface area (TPSA) is 132 Å². The summed E-state index contributed by atoms with van der Waals surface area (Å²) in [5.74, 6) is 0.232. The van der Waals surface area contributed by atoms with E-state index in [0.29, 0.717) is 47.8 Å².